The fourth-order valence-electron chi connectivity index (χ4n) is 3.22. The van der Waals surface area contributed by atoms with Gasteiger partial charge in [-0.2, -0.15) is 0 Å². The zero-order valence-corrected chi connectivity index (χ0v) is 13.5. The molecule has 0 radical (unpaired) electrons. The summed E-state index contributed by atoms with van der Waals surface area (Å²) < 4.78 is 5.48. The van der Waals surface area contributed by atoms with E-state index < -0.39 is 0 Å². The molecule has 1 unspecified atom stereocenters. The highest BCUT2D eigenvalue weighted by atomic mass is 16.5. The Morgan fingerprint density at radius 2 is 2.00 bits per heavy atom. The fraction of sp³-hybridized carbons (Fsp3) is 0.688. The van der Waals surface area contributed by atoms with Crippen LogP contribution >= 0.6 is 0 Å². The standard InChI is InChI=1S/C16H28N4O/c1-14(2)16(12-17,13-21-3)20-10-8-19(9-11-20)15-6-4-5-7-18-15/h4-7,14H,8-13,17H2,1-3H3. The molecule has 0 saturated carbocycles. The van der Waals surface area contributed by atoms with Crippen LogP contribution in [0.3, 0.4) is 0 Å². The zero-order valence-electron chi connectivity index (χ0n) is 13.5. The van der Waals surface area contributed by atoms with Crippen LogP contribution < -0.4 is 10.6 Å². The van der Waals surface area contributed by atoms with Crippen molar-refractivity contribution in [3.05, 3.63) is 24.4 Å². The van der Waals surface area contributed by atoms with E-state index in [4.69, 9.17) is 10.5 Å². The number of nitrogens with zero attached hydrogens (tertiary/aromatic N) is 3. The van der Waals surface area contributed by atoms with Crippen molar-refractivity contribution in [2.75, 3.05) is 51.3 Å². The van der Waals surface area contributed by atoms with Gasteiger partial charge in [0.05, 0.1) is 12.1 Å². The molecule has 1 aliphatic rings. The van der Waals surface area contributed by atoms with E-state index in [9.17, 15) is 0 Å². The summed E-state index contributed by atoms with van der Waals surface area (Å²) in [4.78, 5) is 9.28. The molecule has 2 rings (SSSR count). The van der Waals surface area contributed by atoms with E-state index in [0.29, 0.717) is 19.1 Å². The summed E-state index contributed by atoms with van der Waals surface area (Å²) in [7, 11) is 1.76. The number of hydrogen-bond donors (Lipinski definition) is 1. The fourth-order valence-corrected chi connectivity index (χ4v) is 3.22. The molecule has 0 amide bonds. The molecule has 1 aromatic heterocycles. The Bertz CT molecular complexity index is 418. The molecule has 0 aromatic carbocycles. The molecule has 1 saturated heterocycles. The minimum Gasteiger partial charge on any atom is -0.383 e. The van der Waals surface area contributed by atoms with Gasteiger partial charge in [0.25, 0.3) is 0 Å². The Labute approximate surface area is 128 Å². The Morgan fingerprint density at radius 1 is 1.29 bits per heavy atom. The number of anilines is 1. The highest BCUT2D eigenvalue weighted by Gasteiger charge is 2.40. The number of methoxy groups -OCH3 is 1. The predicted octanol–water partition coefficient (Wildman–Crippen LogP) is 1.20. The number of hydrogen-bond acceptors (Lipinski definition) is 5. The zero-order chi connectivity index (χ0) is 15.3. The van der Waals surface area contributed by atoms with Gasteiger partial charge in [0.1, 0.15) is 5.82 Å². The first-order chi connectivity index (χ1) is 10.1. The van der Waals surface area contributed by atoms with Crippen LogP contribution in [0, 0.1) is 5.92 Å². The van der Waals surface area contributed by atoms with E-state index >= 15 is 0 Å². The lowest BCUT2D eigenvalue weighted by Gasteiger charge is -2.49. The van der Waals surface area contributed by atoms with Crippen molar-refractivity contribution in [1.29, 1.82) is 0 Å². The smallest absolute Gasteiger partial charge is 0.128 e. The summed E-state index contributed by atoms with van der Waals surface area (Å²) in [6.07, 6.45) is 1.85. The summed E-state index contributed by atoms with van der Waals surface area (Å²) in [5.41, 5.74) is 6.06. The van der Waals surface area contributed by atoms with Gasteiger partial charge in [-0.3, -0.25) is 4.90 Å². The summed E-state index contributed by atoms with van der Waals surface area (Å²) >= 11 is 0. The average Bonchev–Trinajstić information content (AvgIpc) is 2.53. The second kappa shape index (κ2) is 7.20. The van der Waals surface area contributed by atoms with Crippen LogP contribution in [0.25, 0.3) is 0 Å². The van der Waals surface area contributed by atoms with Gasteiger partial charge in [-0.1, -0.05) is 19.9 Å². The first-order valence-electron chi connectivity index (χ1n) is 7.74. The maximum absolute atomic E-state index is 6.12. The number of nitrogens with two attached hydrogens (primary N) is 1. The molecule has 1 aromatic rings. The third-order valence-corrected chi connectivity index (χ3v) is 4.71. The molecule has 0 bridgehead atoms. The third-order valence-electron chi connectivity index (χ3n) is 4.71. The Morgan fingerprint density at radius 3 is 2.48 bits per heavy atom. The molecule has 1 aliphatic heterocycles. The lowest BCUT2D eigenvalue weighted by molar-refractivity contribution is -0.0191. The molecule has 1 atom stereocenters. The van der Waals surface area contributed by atoms with Gasteiger partial charge in [0.2, 0.25) is 0 Å². The highest BCUT2D eigenvalue weighted by molar-refractivity contribution is 5.38. The first kappa shape index (κ1) is 16.2. The minimum absolute atomic E-state index is 0.0645. The molecular formula is C16H28N4O. The maximum Gasteiger partial charge on any atom is 0.128 e. The first-order valence-corrected chi connectivity index (χ1v) is 7.74. The van der Waals surface area contributed by atoms with Crippen molar-refractivity contribution in [3.63, 3.8) is 0 Å². The highest BCUT2D eigenvalue weighted by Crippen LogP contribution is 2.27. The van der Waals surface area contributed by atoms with E-state index in [1.165, 1.54) is 0 Å². The van der Waals surface area contributed by atoms with Crippen LogP contribution in [0.5, 0.6) is 0 Å². The summed E-state index contributed by atoms with van der Waals surface area (Å²) in [5.74, 6) is 1.52. The number of piperazine rings is 1. The van der Waals surface area contributed by atoms with Crippen molar-refractivity contribution in [3.8, 4) is 0 Å². The quantitative estimate of drug-likeness (QED) is 0.854. The second-order valence-corrected chi connectivity index (χ2v) is 6.06. The van der Waals surface area contributed by atoms with E-state index in [2.05, 4.69) is 34.7 Å². The van der Waals surface area contributed by atoms with Gasteiger partial charge in [0.15, 0.2) is 0 Å². The van der Waals surface area contributed by atoms with E-state index in [-0.39, 0.29) is 5.54 Å². The van der Waals surface area contributed by atoms with Crippen molar-refractivity contribution >= 4 is 5.82 Å². The molecule has 5 nitrogen and oxygen atoms in total. The van der Waals surface area contributed by atoms with E-state index in [1.807, 2.05) is 18.3 Å². The second-order valence-electron chi connectivity index (χ2n) is 6.06. The van der Waals surface area contributed by atoms with Crippen LogP contribution in [0.15, 0.2) is 24.4 Å². The number of ether oxygens (including phenoxy) is 1. The van der Waals surface area contributed by atoms with Crippen molar-refractivity contribution < 1.29 is 4.74 Å². The normalized spacial score (nSPS) is 19.8. The van der Waals surface area contributed by atoms with Gasteiger partial charge >= 0.3 is 0 Å². The lowest BCUT2D eigenvalue weighted by atomic mass is 9.84. The number of rotatable bonds is 6. The molecule has 2 N–H and O–H groups in total. The van der Waals surface area contributed by atoms with Crippen LogP contribution in [-0.2, 0) is 4.74 Å². The minimum atomic E-state index is -0.0645. The maximum atomic E-state index is 6.12. The van der Waals surface area contributed by atoms with Crippen LogP contribution in [0.4, 0.5) is 5.82 Å². The van der Waals surface area contributed by atoms with Crippen LogP contribution in [-0.4, -0.2) is 61.9 Å². The Hall–Kier alpha value is -1.17. The molecule has 5 heteroatoms. The molecule has 0 aliphatic carbocycles. The summed E-state index contributed by atoms with van der Waals surface area (Å²) in [5, 5.41) is 0. The molecule has 118 valence electrons. The van der Waals surface area contributed by atoms with Crippen LogP contribution in [0.2, 0.25) is 0 Å². The topological polar surface area (TPSA) is 54.6 Å². The van der Waals surface area contributed by atoms with E-state index in [0.717, 1.165) is 32.0 Å². The largest absolute Gasteiger partial charge is 0.383 e. The Kier molecular flexibility index (Phi) is 5.56. The van der Waals surface area contributed by atoms with Gasteiger partial charge < -0.3 is 15.4 Å². The van der Waals surface area contributed by atoms with Gasteiger partial charge in [-0.15, -0.1) is 0 Å². The monoisotopic (exact) mass is 292 g/mol. The summed E-state index contributed by atoms with van der Waals surface area (Å²) in [6, 6.07) is 6.07. The van der Waals surface area contributed by atoms with Crippen molar-refractivity contribution in [1.82, 2.24) is 9.88 Å². The molecular weight excluding hydrogens is 264 g/mol. The molecule has 21 heavy (non-hydrogen) atoms. The van der Waals surface area contributed by atoms with Gasteiger partial charge in [-0.25, -0.2) is 4.98 Å². The van der Waals surface area contributed by atoms with Crippen molar-refractivity contribution in [2.45, 2.75) is 19.4 Å². The van der Waals surface area contributed by atoms with Gasteiger partial charge in [0, 0.05) is 46.0 Å². The number of aromatic nitrogens is 1. The third kappa shape index (κ3) is 3.36. The Balaban J connectivity index is 2.04. The average molecular weight is 292 g/mol. The van der Waals surface area contributed by atoms with Gasteiger partial charge in [-0.05, 0) is 18.1 Å². The lowest BCUT2D eigenvalue weighted by Crippen LogP contribution is -2.65. The number of pyridine rings is 1. The van der Waals surface area contributed by atoms with Crippen LogP contribution in [0.1, 0.15) is 13.8 Å². The summed E-state index contributed by atoms with van der Waals surface area (Å²) in [6.45, 7) is 9.73. The molecule has 1 fully saturated rings. The molecule has 2 heterocycles. The van der Waals surface area contributed by atoms with Crippen molar-refractivity contribution in [2.24, 2.45) is 11.7 Å². The van der Waals surface area contributed by atoms with E-state index in [1.54, 1.807) is 7.11 Å². The predicted molar refractivity (Wildman–Crippen MR) is 86.5 cm³/mol. The molecule has 0 spiro atoms. The SMILES string of the molecule is COCC(CN)(C(C)C)N1CCN(c2ccccn2)CC1.